The Balaban J connectivity index is 2.12. The molecule has 0 spiro atoms. The van der Waals surface area contributed by atoms with Crippen LogP contribution in [0.5, 0.6) is 0 Å². The van der Waals surface area contributed by atoms with Crippen LogP contribution in [0.25, 0.3) is 0 Å². The van der Waals surface area contributed by atoms with Crippen LogP contribution in [0.1, 0.15) is 40.5 Å². The van der Waals surface area contributed by atoms with Crippen molar-refractivity contribution in [1.82, 2.24) is 4.90 Å². The molecule has 0 radical (unpaired) electrons. The zero-order valence-electron chi connectivity index (χ0n) is 13.5. The molecule has 5 unspecified atom stereocenters. The third-order valence-electron chi connectivity index (χ3n) is 6.04. The molecule has 0 aromatic heterocycles. The van der Waals surface area contributed by atoms with E-state index >= 15 is 0 Å². The number of carbonyl (C=O) groups excluding carboxylic acids is 1. The molecule has 0 bridgehead atoms. The predicted octanol–water partition coefficient (Wildman–Crippen LogP) is 1.57. The van der Waals surface area contributed by atoms with Crippen molar-refractivity contribution in [3.8, 4) is 0 Å². The second kappa shape index (κ2) is 5.59. The molecule has 0 aromatic rings. The van der Waals surface area contributed by atoms with E-state index in [1.807, 2.05) is 6.92 Å². The molecule has 1 heterocycles. The van der Waals surface area contributed by atoms with E-state index in [4.69, 9.17) is 5.73 Å². The van der Waals surface area contributed by atoms with Gasteiger partial charge in [-0.15, -0.1) is 0 Å². The van der Waals surface area contributed by atoms with Gasteiger partial charge in [0.25, 0.3) is 0 Å². The summed E-state index contributed by atoms with van der Waals surface area (Å²) < 4.78 is 0. The van der Waals surface area contributed by atoms with Gasteiger partial charge in [0.05, 0.1) is 5.92 Å². The Labute approximate surface area is 126 Å². The monoisotopic (exact) mass is 296 g/mol. The van der Waals surface area contributed by atoms with E-state index in [9.17, 15) is 14.7 Å². The summed E-state index contributed by atoms with van der Waals surface area (Å²) in [6, 6.07) is 0.147. The number of likely N-dealkylation sites (tertiary alicyclic amines) is 1. The Morgan fingerprint density at radius 1 is 1.19 bits per heavy atom. The molecule has 1 saturated heterocycles. The van der Waals surface area contributed by atoms with E-state index in [0.29, 0.717) is 13.1 Å². The van der Waals surface area contributed by atoms with E-state index in [0.717, 1.165) is 12.8 Å². The van der Waals surface area contributed by atoms with Gasteiger partial charge < -0.3 is 15.7 Å². The zero-order valence-corrected chi connectivity index (χ0v) is 13.5. The van der Waals surface area contributed by atoms with Crippen LogP contribution in [-0.4, -0.2) is 41.0 Å². The fraction of sp³-hybridized carbons (Fsp3) is 0.875. The normalized spacial score (nSPS) is 39.3. The molecule has 1 saturated carbocycles. The zero-order chi connectivity index (χ0) is 15.9. The van der Waals surface area contributed by atoms with Crippen LogP contribution in [0.15, 0.2) is 0 Å². The summed E-state index contributed by atoms with van der Waals surface area (Å²) in [5.74, 6) is -0.842. The van der Waals surface area contributed by atoms with Crippen molar-refractivity contribution >= 4 is 11.9 Å². The lowest BCUT2D eigenvalue weighted by molar-refractivity contribution is -0.144. The number of nitrogens with zero attached hydrogens (tertiary/aromatic N) is 1. The molecular weight excluding hydrogens is 268 g/mol. The molecule has 2 aliphatic rings. The lowest BCUT2D eigenvalue weighted by Gasteiger charge is -2.47. The van der Waals surface area contributed by atoms with Crippen molar-refractivity contribution in [3.05, 3.63) is 0 Å². The maximum absolute atomic E-state index is 12.9. The average Bonchev–Trinajstić information content (AvgIpc) is 2.78. The third-order valence-corrected chi connectivity index (χ3v) is 6.04. The molecule has 1 aliphatic carbocycles. The number of amides is 1. The number of carbonyl (C=O) groups is 2. The second-order valence-electron chi connectivity index (χ2n) is 7.57. The Hall–Kier alpha value is -1.10. The molecule has 2 rings (SSSR count). The van der Waals surface area contributed by atoms with Crippen LogP contribution in [0.3, 0.4) is 0 Å². The van der Waals surface area contributed by atoms with Gasteiger partial charge in [0.2, 0.25) is 5.91 Å². The van der Waals surface area contributed by atoms with E-state index < -0.39 is 11.9 Å². The van der Waals surface area contributed by atoms with Gasteiger partial charge in [0.1, 0.15) is 0 Å². The van der Waals surface area contributed by atoms with Crippen molar-refractivity contribution in [2.75, 3.05) is 13.1 Å². The van der Waals surface area contributed by atoms with Gasteiger partial charge in [-0.2, -0.15) is 0 Å². The van der Waals surface area contributed by atoms with Crippen molar-refractivity contribution in [2.24, 2.45) is 34.8 Å². The van der Waals surface area contributed by atoms with E-state index in [2.05, 4.69) is 20.8 Å². The summed E-state index contributed by atoms with van der Waals surface area (Å²) in [6.45, 7) is 9.18. The first kappa shape index (κ1) is 16.3. The number of nitrogens with two attached hydrogens (primary N) is 1. The molecular formula is C16H28N2O3. The fourth-order valence-corrected chi connectivity index (χ4v) is 3.98. The number of rotatable bonds is 2. The number of carboxylic acids is 1. The topological polar surface area (TPSA) is 83.6 Å². The summed E-state index contributed by atoms with van der Waals surface area (Å²) in [5, 5.41) is 9.22. The highest BCUT2D eigenvalue weighted by Gasteiger charge is 2.48. The van der Waals surface area contributed by atoms with Gasteiger partial charge in [-0.3, -0.25) is 9.59 Å². The molecule has 1 amide bonds. The molecule has 0 aromatic carbocycles. The van der Waals surface area contributed by atoms with E-state index in [1.165, 1.54) is 0 Å². The minimum Gasteiger partial charge on any atom is -0.481 e. The highest BCUT2D eigenvalue weighted by atomic mass is 16.4. The maximum atomic E-state index is 12.9. The van der Waals surface area contributed by atoms with Crippen molar-refractivity contribution in [1.29, 1.82) is 0 Å². The first-order valence-electron chi connectivity index (χ1n) is 7.93. The Kier molecular flexibility index (Phi) is 4.34. The van der Waals surface area contributed by atoms with E-state index in [-0.39, 0.29) is 35.1 Å². The summed E-state index contributed by atoms with van der Waals surface area (Å²) in [7, 11) is 0. The number of aliphatic carboxylic acids is 1. The minimum atomic E-state index is -0.795. The van der Waals surface area contributed by atoms with Crippen molar-refractivity contribution < 1.29 is 14.7 Å². The maximum Gasteiger partial charge on any atom is 0.308 e. The molecule has 3 N–H and O–H groups in total. The number of carboxylic acid groups (broad SMARTS) is 1. The quantitative estimate of drug-likeness (QED) is 0.810. The van der Waals surface area contributed by atoms with Crippen LogP contribution in [0, 0.1) is 29.1 Å². The second-order valence-corrected chi connectivity index (χ2v) is 7.57. The average molecular weight is 296 g/mol. The summed E-state index contributed by atoms with van der Waals surface area (Å²) in [4.78, 5) is 25.9. The van der Waals surface area contributed by atoms with E-state index in [1.54, 1.807) is 4.90 Å². The summed E-state index contributed by atoms with van der Waals surface area (Å²) in [5.41, 5.74) is 6.01. The lowest BCUT2D eigenvalue weighted by Crippen LogP contribution is -2.52. The standard InChI is InChI=1S/C16H28N2O3/c1-9-7-18(8-11(9)15(20)21)14(19)12-5-6-13(17)10(2)16(12,3)4/h9-13H,5-8,17H2,1-4H3,(H,20,21). The Bertz CT molecular complexity index is 435. The highest BCUT2D eigenvalue weighted by Crippen LogP contribution is 2.45. The van der Waals surface area contributed by atoms with Gasteiger partial charge in [-0.05, 0) is 30.1 Å². The van der Waals surface area contributed by atoms with Gasteiger partial charge in [0.15, 0.2) is 0 Å². The fourth-order valence-electron chi connectivity index (χ4n) is 3.98. The Morgan fingerprint density at radius 2 is 1.81 bits per heavy atom. The van der Waals surface area contributed by atoms with Crippen LogP contribution >= 0.6 is 0 Å². The molecule has 5 heteroatoms. The van der Waals surface area contributed by atoms with Crippen LogP contribution in [0.2, 0.25) is 0 Å². The van der Waals surface area contributed by atoms with Gasteiger partial charge in [-0.25, -0.2) is 0 Å². The van der Waals surface area contributed by atoms with Gasteiger partial charge in [0, 0.05) is 25.0 Å². The summed E-state index contributed by atoms with van der Waals surface area (Å²) in [6.07, 6.45) is 1.67. The number of hydrogen-bond acceptors (Lipinski definition) is 3. The summed E-state index contributed by atoms with van der Waals surface area (Å²) >= 11 is 0. The van der Waals surface area contributed by atoms with Crippen molar-refractivity contribution in [2.45, 2.75) is 46.6 Å². The SMILES string of the molecule is CC1CN(C(=O)C2CCC(N)C(C)C2(C)C)CC1C(=O)O. The minimum absolute atomic E-state index is 0.0258. The van der Waals surface area contributed by atoms with Crippen molar-refractivity contribution in [3.63, 3.8) is 0 Å². The number of hydrogen-bond donors (Lipinski definition) is 2. The smallest absolute Gasteiger partial charge is 0.308 e. The van der Waals surface area contributed by atoms with Crippen LogP contribution < -0.4 is 5.73 Å². The van der Waals surface area contributed by atoms with Crippen LogP contribution in [-0.2, 0) is 9.59 Å². The Morgan fingerprint density at radius 3 is 2.33 bits per heavy atom. The van der Waals surface area contributed by atoms with Gasteiger partial charge >= 0.3 is 5.97 Å². The lowest BCUT2D eigenvalue weighted by atomic mass is 9.60. The van der Waals surface area contributed by atoms with Gasteiger partial charge in [-0.1, -0.05) is 27.7 Å². The third kappa shape index (κ3) is 2.80. The molecule has 120 valence electrons. The molecule has 1 aliphatic heterocycles. The highest BCUT2D eigenvalue weighted by molar-refractivity contribution is 5.81. The largest absolute Gasteiger partial charge is 0.481 e. The molecule has 5 atom stereocenters. The molecule has 21 heavy (non-hydrogen) atoms. The first-order valence-corrected chi connectivity index (χ1v) is 7.93. The predicted molar refractivity (Wildman–Crippen MR) is 80.5 cm³/mol. The molecule has 5 nitrogen and oxygen atoms in total. The first-order chi connectivity index (χ1) is 9.66. The van der Waals surface area contributed by atoms with Crippen LogP contribution in [0.4, 0.5) is 0 Å². The molecule has 2 fully saturated rings.